The number of hydrogen-bond donors (Lipinski definition) is 0. The number of aromatic nitrogens is 1. The zero-order valence-corrected chi connectivity index (χ0v) is 8.10. The number of nitrogens with zero attached hydrogens (tertiary/aromatic N) is 2. The van der Waals surface area contributed by atoms with Crippen molar-refractivity contribution in [3.63, 3.8) is 0 Å². The molecule has 1 atom stereocenters. The summed E-state index contributed by atoms with van der Waals surface area (Å²) in [6.07, 6.45) is 3.99. The van der Waals surface area contributed by atoms with Gasteiger partial charge in [0.05, 0.1) is 24.8 Å². The Morgan fingerprint density at radius 3 is 3.00 bits per heavy atom. The van der Waals surface area contributed by atoms with Crippen molar-refractivity contribution in [1.29, 1.82) is 5.26 Å². The highest BCUT2D eigenvalue weighted by atomic mass is 16.5. The van der Waals surface area contributed by atoms with E-state index < -0.39 is 0 Å². The summed E-state index contributed by atoms with van der Waals surface area (Å²) in [4.78, 5) is 4.23. The molecule has 1 heterocycles. The van der Waals surface area contributed by atoms with Crippen LogP contribution in [0.4, 0.5) is 0 Å². The fourth-order valence-electron chi connectivity index (χ4n) is 1.63. The zero-order valence-electron chi connectivity index (χ0n) is 8.10. The molecule has 72 valence electrons. The van der Waals surface area contributed by atoms with E-state index in [0.717, 1.165) is 24.3 Å². The Bertz CT molecular complexity index is 366. The van der Waals surface area contributed by atoms with E-state index in [2.05, 4.69) is 11.1 Å². The van der Waals surface area contributed by atoms with Crippen molar-refractivity contribution in [2.24, 2.45) is 5.92 Å². The van der Waals surface area contributed by atoms with Crippen LogP contribution in [0.5, 0.6) is 5.75 Å². The Kier molecular flexibility index (Phi) is 2.36. The van der Waals surface area contributed by atoms with Crippen molar-refractivity contribution in [2.45, 2.75) is 18.8 Å². The van der Waals surface area contributed by atoms with Gasteiger partial charge in [-0.25, -0.2) is 0 Å². The molecule has 0 bridgehead atoms. The number of methoxy groups -OCH3 is 1. The largest absolute Gasteiger partial charge is 0.495 e. The molecule has 14 heavy (non-hydrogen) atoms. The molecule has 1 aliphatic rings. The second-order valence-corrected chi connectivity index (χ2v) is 3.54. The Hall–Kier alpha value is -1.56. The lowest BCUT2D eigenvalue weighted by Gasteiger charge is -2.10. The highest BCUT2D eigenvalue weighted by Gasteiger charge is 2.34. The van der Waals surface area contributed by atoms with Crippen molar-refractivity contribution in [3.05, 3.63) is 24.0 Å². The molecule has 0 spiro atoms. The highest BCUT2D eigenvalue weighted by Crippen LogP contribution is 2.43. The third-order valence-corrected chi connectivity index (χ3v) is 2.55. The summed E-state index contributed by atoms with van der Waals surface area (Å²) >= 11 is 0. The topological polar surface area (TPSA) is 45.9 Å². The molecule has 1 saturated carbocycles. The summed E-state index contributed by atoms with van der Waals surface area (Å²) < 4.78 is 5.19. The van der Waals surface area contributed by atoms with E-state index in [1.165, 1.54) is 0 Å². The first-order chi connectivity index (χ1) is 6.86. The number of ether oxygens (including phenoxy) is 1. The molecule has 1 aromatic rings. The van der Waals surface area contributed by atoms with E-state index in [1.807, 2.05) is 12.1 Å². The summed E-state index contributed by atoms with van der Waals surface area (Å²) in [5.41, 5.74) is 0.792. The maximum atomic E-state index is 9.06. The third-order valence-electron chi connectivity index (χ3n) is 2.55. The molecule has 0 amide bonds. The van der Waals surface area contributed by atoms with Crippen LogP contribution in [-0.4, -0.2) is 12.1 Å². The number of nitriles is 1. The molecule has 0 aromatic carbocycles. The fraction of sp³-hybridized carbons (Fsp3) is 0.455. The van der Waals surface area contributed by atoms with E-state index in [9.17, 15) is 0 Å². The number of rotatable bonds is 3. The highest BCUT2D eigenvalue weighted by molar-refractivity contribution is 5.34. The molecule has 0 saturated heterocycles. The van der Waals surface area contributed by atoms with Crippen LogP contribution in [0.2, 0.25) is 0 Å². The molecule has 0 radical (unpaired) electrons. The SMILES string of the molecule is COc1cccnc1C(C#N)C1CC1. The van der Waals surface area contributed by atoms with Crippen LogP contribution in [0, 0.1) is 17.2 Å². The summed E-state index contributed by atoms with van der Waals surface area (Å²) in [6, 6.07) is 5.99. The van der Waals surface area contributed by atoms with Gasteiger partial charge < -0.3 is 4.74 Å². The maximum absolute atomic E-state index is 9.06. The van der Waals surface area contributed by atoms with Crippen molar-refractivity contribution >= 4 is 0 Å². The van der Waals surface area contributed by atoms with Crippen LogP contribution in [0.1, 0.15) is 24.5 Å². The van der Waals surface area contributed by atoms with Gasteiger partial charge in [0.15, 0.2) is 0 Å². The molecule has 1 fully saturated rings. The van der Waals surface area contributed by atoms with Crippen LogP contribution in [0.15, 0.2) is 18.3 Å². The Labute approximate surface area is 83.3 Å². The maximum Gasteiger partial charge on any atom is 0.141 e. The van der Waals surface area contributed by atoms with Crippen molar-refractivity contribution in [1.82, 2.24) is 4.98 Å². The predicted molar refractivity (Wildman–Crippen MR) is 51.9 cm³/mol. The first-order valence-electron chi connectivity index (χ1n) is 4.75. The van der Waals surface area contributed by atoms with Crippen LogP contribution < -0.4 is 4.74 Å². The first kappa shape index (κ1) is 9.01. The van der Waals surface area contributed by atoms with Gasteiger partial charge in [-0.2, -0.15) is 5.26 Å². The van der Waals surface area contributed by atoms with E-state index in [1.54, 1.807) is 13.3 Å². The number of hydrogen-bond acceptors (Lipinski definition) is 3. The minimum atomic E-state index is -0.0915. The second-order valence-electron chi connectivity index (χ2n) is 3.54. The average molecular weight is 188 g/mol. The lowest BCUT2D eigenvalue weighted by Crippen LogP contribution is -2.03. The number of pyridine rings is 1. The van der Waals surface area contributed by atoms with Gasteiger partial charge >= 0.3 is 0 Å². The molecule has 3 nitrogen and oxygen atoms in total. The van der Waals surface area contributed by atoms with Gasteiger partial charge in [-0.1, -0.05) is 0 Å². The first-order valence-corrected chi connectivity index (χ1v) is 4.75. The van der Waals surface area contributed by atoms with Gasteiger partial charge in [0.1, 0.15) is 5.75 Å². The fourth-order valence-corrected chi connectivity index (χ4v) is 1.63. The van der Waals surface area contributed by atoms with Gasteiger partial charge in [-0.3, -0.25) is 4.98 Å². The van der Waals surface area contributed by atoms with Gasteiger partial charge in [-0.05, 0) is 30.9 Å². The molecule has 3 heteroatoms. The van der Waals surface area contributed by atoms with Gasteiger partial charge in [-0.15, -0.1) is 0 Å². The van der Waals surface area contributed by atoms with E-state index >= 15 is 0 Å². The lowest BCUT2D eigenvalue weighted by molar-refractivity contribution is 0.403. The van der Waals surface area contributed by atoms with Gasteiger partial charge in [0.25, 0.3) is 0 Å². The van der Waals surface area contributed by atoms with Crippen LogP contribution >= 0.6 is 0 Å². The zero-order chi connectivity index (χ0) is 9.97. The smallest absolute Gasteiger partial charge is 0.141 e. The normalized spacial score (nSPS) is 17.1. The second kappa shape index (κ2) is 3.67. The standard InChI is InChI=1S/C11H12N2O/c1-14-10-3-2-6-13-11(10)9(7-12)8-4-5-8/h2-3,6,8-9H,4-5H2,1H3. The molecular weight excluding hydrogens is 176 g/mol. The van der Waals surface area contributed by atoms with Gasteiger partial charge in [0.2, 0.25) is 0 Å². The summed E-state index contributed by atoms with van der Waals surface area (Å²) in [5, 5.41) is 9.06. The van der Waals surface area contributed by atoms with E-state index in [4.69, 9.17) is 10.00 Å². The third kappa shape index (κ3) is 1.56. The van der Waals surface area contributed by atoms with Crippen LogP contribution in [0.25, 0.3) is 0 Å². The minimum absolute atomic E-state index is 0.0915. The molecular formula is C11H12N2O. The van der Waals surface area contributed by atoms with Crippen molar-refractivity contribution in [2.75, 3.05) is 7.11 Å². The van der Waals surface area contributed by atoms with Gasteiger partial charge in [0, 0.05) is 6.20 Å². The van der Waals surface area contributed by atoms with Crippen LogP contribution in [0.3, 0.4) is 0 Å². The molecule has 0 aliphatic heterocycles. The lowest BCUT2D eigenvalue weighted by atomic mass is 10.0. The Morgan fingerprint density at radius 2 is 2.43 bits per heavy atom. The van der Waals surface area contributed by atoms with Crippen molar-refractivity contribution < 1.29 is 4.74 Å². The quantitative estimate of drug-likeness (QED) is 0.729. The predicted octanol–water partition coefficient (Wildman–Crippen LogP) is 2.11. The summed E-state index contributed by atoms with van der Waals surface area (Å²) in [6.45, 7) is 0. The Morgan fingerprint density at radius 1 is 1.64 bits per heavy atom. The summed E-state index contributed by atoms with van der Waals surface area (Å²) in [5.74, 6) is 1.13. The monoisotopic (exact) mass is 188 g/mol. The molecule has 1 unspecified atom stereocenters. The van der Waals surface area contributed by atoms with E-state index in [-0.39, 0.29) is 5.92 Å². The van der Waals surface area contributed by atoms with Crippen molar-refractivity contribution in [3.8, 4) is 11.8 Å². The van der Waals surface area contributed by atoms with Crippen LogP contribution in [-0.2, 0) is 0 Å². The molecule has 1 aliphatic carbocycles. The molecule has 1 aromatic heterocycles. The average Bonchev–Trinajstić information content (AvgIpc) is 3.04. The molecule has 2 rings (SSSR count). The Balaban J connectivity index is 2.33. The van der Waals surface area contributed by atoms with E-state index in [0.29, 0.717) is 5.92 Å². The summed E-state index contributed by atoms with van der Waals surface area (Å²) in [7, 11) is 1.61. The molecule has 0 N–H and O–H groups in total. The minimum Gasteiger partial charge on any atom is -0.495 e.